The van der Waals surface area contributed by atoms with Gasteiger partial charge in [0.25, 0.3) is 0 Å². The van der Waals surface area contributed by atoms with Gasteiger partial charge in [-0.25, -0.2) is 4.98 Å². The SMILES string of the molecule is CCC1CCCC(O)(Cc2nc(C(C)(C)C)cs2)CC1. The largest absolute Gasteiger partial charge is 0.389 e. The lowest BCUT2D eigenvalue weighted by Crippen LogP contribution is -2.30. The van der Waals surface area contributed by atoms with Crippen LogP contribution < -0.4 is 0 Å². The number of aliphatic hydroxyl groups is 1. The highest BCUT2D eigenvalue weighted by molar-refractivity contribution is 7.09. The summed E-state index contributed by atoms with van der Waals surface area (Å²) < 4.78 is 0. The Morgan fingerprint density at radius 2 is 2.10 bits per heavy atom. The zero-order chi connectivity index (χ0) is 14.8. The van der Waals surface area contributed by atoms with Crippen molar-refractivity contribution in [2.24, 2.45) is 5.92 Å². The molecule has 1 aliphatic carbocycles. The zero-order valence-electron chi connectivity index (χ0n) is 13.4. The van der Waals surface area contributed by atoms with Crippen molar-refractivity contribution in [3.05, 3.63) is 16.1 Å². The summed E-state index contributed by atoms with van der Waals surface area (Å²) in [6, 6.07) is 0. The van der Waals surface area contributed by atoms with E-state index in [0.29, 0.717) is 0 Å². The van der Waals surface area contributed by atoms with Crippen LogP contribution in [0.15, 0.2) is 5.38 Å². The fourth-order valence-corrected chi connectivity index (χ4v) is 4.22. The fourth-order valence-electron chi connectivity index (χ4n) is 3.07. The second kappa shape index (κ2) is 6.15. The molecule has 2 unspecified atom stereocenters. The Balaban J connectivity index is 2.03. The Hall–Kier alpha value is -0.410. The molecule has 2 atom stereocenters. The molecule has 1 heterocycles. The number of hydrogen-bond donors (Lipinski definition) is 1. The maximum Gasteiger partial charge on any atom is 0.0957 e. The minimum atomic E-state index is -0.517. The van der Waals surface area contributed by atoms with Crippen LogP contribution in [0, 0.1) is 5.92 Å². The molecule has 20 heavy (non-hydrogen) atoms. The van der Waals surface area contributed by atoms with Crippen molar-refractivity contribution in [1.29, 1.82) is 0 Å². The minimum Gasteiger partial charge on any atom is -0.389 e. The molecule has 0 bridgehead atoms. The third-order valence-electron chi connectivity index (χ3n) is 4.65. The van der Waals surface area contributed by atoms with Crippen molar-refractivity contribution < 1.29 is 5.11 Å². The Bertz CT molecular complexity index is 434. The van der Waals surface area contributed by atoms with E-state index in [1.165, 1.54) is 19.3 Å². The predicted molar refractivity (Wildman–Crippen MR) is 86.3 cm³/mol. The summed E-state index contributed by atoms with van der Waals surface area (Å²) >= 11 is 1.71. The quantitative estimate of drug-likeness (QED) is 0.820. The summed E-state index contributed by atoms with van der Waals surface area (Å²) in [6.45, 7) is 8.85. The Labute approximate surface area is 127 Å². The van der Waals surface area contributed by atoms with Gasteiger partial charge >= 0.3 is 0 Å². The molecule has 0 saturated heterocycles. The normalized spacial score (nSPS) is 28.4. The van der Waals surface area contributed by atoms with Gasteiger partial charge in [0.2, 0.25) is 0 Å². The fraction of sp³-hybridized carbons (Fsp3) is 0.824. The number of thiazole rings is 1. The first kappa shape index (κ1) is 16.0. The van der Waals surface area contributed by atoms with Gasteiger partial charge in [-0.05, 0) is 25.2 Å². The van der Waals surface area contributed by atoms with Crippen LogP contribution in [-0.2, 0) is 11.8 Å². The van der Waals surface area contributed by atoms with Crippen molar-refractivity contribution in [2.75, 3.05) is 0 Å². The molecule has 1 aromatic rings. The maximum absolute atomic E-state index is 10.9. The van der Waals surface area contributed by atoms with Crippen molar-refractivity contribution >= 4 is 11.3 Å². The Morgan fingerprint density at radius 3 is 2.70 bits per heavy atom. The van der Waals surface area contributed by atoms with Crippen LogP contribution in [0.25, 0.3) is 0 Å². The molecule has 1 fully saturated rings. The lowest BCUT2D eigenvalue weighted by Gasteiger charge is -2.25. The zero-order valence-corrected chi connectivity index (χ0v) is 14.2. The second-order valence-corrected chi connectivity index (χ2v) is 8.43. The minimum absolute atomic E-state index is 0.105. The van der Waals surface area contributed by atoms with E-state index in [4.69, 9.17) is 4.98 Å². The van der Waals surface area contributed by atoms with Gasteiger partial charge in [0, 0.05) is 17.2 Å². The summed E-state index contributed by atoms with van der Waals surface area (Å²) in [5.74, 6) is 0.811. The van der Waals surface area contributed by atoms with Gasteiger partial charge in [0.1, 0.15) is 0 Å². The highest BCUT2D eigenvalue weighted by Gasteiger charge is 2.32. The van der Waals surface area contributed by atoms with Crippen LogP contribution in [0.5, 0.6) is 0 Å². The standard InChI is InChI=1S/C17H29NOS/c1-5-13-7-6-9-17(19,10-8-13)11-15-18-14(12-20-15)16(2,3)4/h12-13,19H,5-11H2,1-4H3. The Kier molecular flexibility index (Phi) is 4.91. The summed E-state index contributed by atoms with van der Waals surface area (Å²) in [6.07, 6.45) is 7.48. The molecular formula is C17H29NOS. The molecule has 0 spiro atoms. The molecule has 1 saturated carbocycles. The van der Waals surface area contributed by atoms with Gasteiger partial charge in [0.05, 0.1) is 16.3 Å². The highest BCUT2D eigenvalue weighted by Crippen LogP contribution is 2.35. The van der Waals surface area contributed by atoms with E-state index in [1.54, 1.807) is 11.3 Å². The van der Waals surface area contributed by atoms with Crippen molar-refractivity contribution in [1.82, 2.24) is 4.98 Å². The van der Waals surface area contributed by atoms with E-state index in [1.807, 2.05) is 0 Å². The molecule has 2 rings (SSSR count). The van der Waals surface area contributed by atoms with Gasteiger partial charge in [0.15, 0.2) is 0 Å². The van der Waals surface area contributed by atoms with E-state index >= 15 is 0 Å². The first-order valence-electron chi connectivity index (χ1n) is 8.00. The lowest BCUT2D eigenvalue weighted by atomic mass is 9.90. The van der Waals surface area contributed by atoms with Gasteiger partial charge in [-0.3, -0.25) is 0 Å². The number of aromatic nitrogens is 1. The van der Waals surface area contributed by atoms with E-state index < -0.39 is 5.60 Å². The van der Waals surface area contributed by atoms with Gasteiger partial charge in [-0.15, -0.1) is 11.3 Å². The molecule has 114 valence electrons. The molecule has 0 amide bonds. The van der Waals surface area contributed by atoms with Crippen LogP contribution in [0.1, 0.15) is 76.9 Å². The predicted octanol–water partition coefficient (Wildman–Crippen LogP) is 4.70. The molecule has 0 aliphatic heterocycles. The summed E-state index contributed by atoms with van der Waals surface area (Å²) in [7, 11) is 0. The summed E-state index contributed by atoms with van der Waals surface area (Å²) in [5, 5.41) is 14.2. The molecule has 0 radical (unpaired) electrons. The van der Waals surface area contributed by atoms with Crippen molar-refractivity contribution in [2.45, 2.75) is 83.7 Å². The first-order chi connectivity index (χ1) is 9.32. The third kappa shape index (κ3) is 4.05. The number of rotatable bonds is 3. The first-order valence-corrected chi connectivity index (χ1v) is 8.88. The van der Waals surface area contributed by atoms with Crippen LogP contribution in [0.3, 0.4) is 0 Å². The maximum atomic E-state index is 10.9. The summed E-state index contributed by atoms with van der Waals surface area (Å²) in [4.78, 5) is 4.75. The van der Waals surface area contributed by atoms with E-state index in [-0.39, 0.29) is 5.41 Å². The average Bonchev–Trinajstić information content (AvgIpc) is 2.73. The molecule has 1 aromatic heterocycles. The molecule has 1 aliphatic rings. The monoisotopic (exact) mass is 295 g/mol. The molecule has 1 N–H and O–H groups in total. The molecular weight excluding hydrogens is 266 g/mol. The van der Waals surface area contributed by atoms with Gasteiger partial charge in [-0.2, -0.15) is 0 Å². The molecule has 3 heteroatoms. The third-order valence-corrected chi connectivity index (χ3v) is 5.50. The molecule has 2 nitrogen and oxygen atoms in total. The topological polar surface area (TPSA) is 33.1 Å². The van der Waals surface area contributed by atoms with Crippen LogP contribution in [-0.4, -0.2) is 15.7 Å². The summed E-state index contributed by atoms with van der Waals surface area (Å²) in [5.41, 5.74) is 0.742. The smallest absolute Gasteiger partial charge is 0.0957 e. The van der Waals surface area contributed by atoms with Crippen molar-refractivity contribution in [3.63, 3.8) is 0 Å². The lowest BCUT2D eigenvalue weighted by molar-refractivity contribution is 0.0241. The number of hydrogen-bond acceptors (Lipinski definition) is 3. The van der Waals surface area contributed by atoms with Crippen LogP contribution >= 0.6 is 11.3 Å². The number of nitrogens with zero attached hydrogens (tertiary/aromatic N) is 1. The highest BCUT2D eigenvalue weighted by atomic mass is 32.1. The van der Waals surface area contributed by atoms with E-state index in [2.05, 4.69) is 33.1 Å². The average molecular weight is 295 g/mol. The molecule has 0 aromatic carbocycles. The Morgan fingerprint density at radius 1 is 1.35 bits per heavy atom. The van der Waals surface area contributed by atoms with Gasteiger partial charge < -0.3 is 5.11 Å². The van der Waals surface area contributed by atoms with E-state index in [9.17, 15) is 5.11 Å². The van der Waals surface area contributed by atoms with Crippen LogP contribution in [0.2, 0.25) is 0 Å². The van der Waals surface area contributed by atoms with Crippen LogP contribution in [0.4, 0.5) is 0 Å². The van der Waals surface area contributed by atoms with E-state index in [0.717, 1.165) is 42.3 Å². The second-order valence-electron chi connectivity index (χ2n) is 7.48. The van der Waals surface area contributed by atoms with Crippen molar-refractivity contribution in [3.8, 4) is 0 Å². The van der Waals surface area contributed by atoms with Gasteiger partial charge in [-0.1, -0.05) is 47.0 Å².